The smallest absolute Gasteiger partial charge is 0.472 e. The van der Waals surface area contributed by atoms with Gasteiger partial charge in [-0.15, -0.1) is 0 Å². The van der Waals surface area contributed by atoms with Gasteiger partial charge in [-0.05, 0) is 77.0 Å². The summed E-state index contributed by atoms with van der Waals surface area (Å²) >= 11 is 0. The standard InChI is InChI=1S/C46H76NO10P/c1-3-5-7-9-11-13-15-17-19-20-21-22-24-25-27-29-31-33-35-37-44(48)54-39-42(40-55-58(52,53)56-41-43(47)46(50)51)57-45(49)38-36-34-32-30-28-26-23-18-16-14-12-10-8-6-4-2/h5,7,11,13,17-19,21-23,25,27,31,33,42-43H,3-4,6,8-10,12,14-16,20,24,26,28-30,32,34-41,47H2,1-2H3,(H,50,51)(H,52,53). The van der Waals surface area contributed by atoms with Gasteiger partial charge in [-0.1, -0.05) is 150 Å². The Balaban J connectivity index is 4.52. The predicted molar refractivity (Wildman–Crippen MR) is 235 cm³/mol. The lowest BCUT2D eigenvalue weighted by atomic mass is 10.1. The summed E-state index contributed by atoms with van der Waals surface area (Å²) in [6.45, 7) is 2.58. The van der Waals surface area contributed by atoms with Crippen LogP contribution in [0.5, 0.6) is 0 Å². The lowest BCUT2D eigenvalue weighted by molar-refractivity contribution is -0.161. The van der Waals surface area contributed by atoms with Crippen molar-refractivity contribution in [2.75, 3.05) is 19.8 Å². The number of hydrogen-bond acceptors (Lipinski definition) is 9. The van der Waals surface area contributed by atoms with Crippen LogP contribution < -0.4 is 5.73 Å². The van der Waals surface area contributed by atoms with Gasteiger partial charge in [0.1, 0.15) is 12.6 Å². The maximum Gasteiger partial charge on any atom is 0.472 e. The van der Waals surface area contributed by atoms with Gasteiger partial charge in [-0.3, -0.25) is 23.4 Å². The third-order valence-corrected chi connectivity index (χ3v) is 9.59. The highest BCUT2D eigenvalue weighted by Crippen LogP contribution is 2.43. The van der Waals surface area contributed by atoms with Crippen LogP contribution in [0.3, 0.4) is 0 Å². The van der Waals surface area contributed by atoms with E-state index in [4.69, 9.17) is 24.8 Å². The van der Waals surface area contributed by atoms with Crippen molar-refractivity contribution in [3.05, 3.63) is 85.1 Å². The van der Waals surface area contributed by atoms with Gasteiger partial charge in [0.05, 0.1) is 13.2 Å². The number of carbonyl (C=O) groups is 3. The summed E-state index contributed by atoms with van der Waals surface area (Å²) in [5.74, 6) is -2.51. The van der Waals surface area contributed by atoms with Crippen molar-refractivity contribution >= 4 is 25.7 Å². The van der Waals surface area contributed by atoms with Gasteiger partial charge in [0.2, 0.25) is 0 Å². The third kappa shape index (κ3) is 39.5. The fourth-order valence-electron chi connectivity index (χ4n) is 5.26. The largest absolute Gasteiger partial charge is 0.480 e. The first-order valence-corrected chi connectivity index (χ1v) is 23.1. The summed E-state index contributed by atoms with van der Waals surface area (Å²) in [4.78, 5) is 45.9. The summed E-state index contributed by atoms with van der Waals surface area (Å²) in [5.41, 5.74) is 5.33. The third-order valence-electron chi connectivity index (χ3n) is 8.64. The Morgan fingerprint density at radius 2 is 1.00 bits per heavy atom. The Hall–Kier alpha value is -3.34. The van der Waals surface area contributed by atoms with E-state index in [1.807, 2.05) is 12.2 Å². The Bertz CT molecular complexity index is 1300. The Kier molecular flexibility index (Phi) is 38.1. The Labute approximate surface area is 350 Å². The SMILES string of the molecule is CCC=CCC=CCC=CCC=CCC=CCC=CCCC(=O)OCC(COP(=O)(O)OCC(N)C(=O)O)OC(=O)CCCCCCCC=CCCCCCCCC. The number of aliphatic carboxylic acids is 1. The van der Waals surface area contributed by atoms with Crippen LogP contribution in [0.25, 0.3) is 0 Å². The molecule has 0 radical (unpaired) electrons. The molecule has 3 unspecified atom stereocenters. The number of carboxylic acids is 1. The summed E-state index contributed by atoms with van der Waals surface area (Å²) in [6, 6.07) is -1.54. The summed E-state index contributed by atoms with van der Waals surface area (Å²) in [6.07, 6.45) is 49.5. The van der Waals surface area contributed by atoms with Gasteiger partial charge >= 0.3 is 25.7 Å². The fraction of sp³-hybridized carbons (Fsp3) is 0.630. The van der Waals surface area contributed by atoms with E-state index in [1.165, 1.54) is 38.5 Å². The van der Waals surface area contributed by atoms with Crippen LogP contribution >= 0.6 is 7.82 Å². The van der Waals surface area contributed by atoms with Crippen molar-refractivity contribution in [1.82, 2.24) is 0 Å². The van der Waals surface area contributed by atoms with Gasteiger partial charge in [0, 0.05) is 12.8 Å². The van der Waals surface area contributed by atoms with E-state index < -0.39 is 57.7 Å². The van der Waals surface area contributed by atoms with Crippen LogP contribution in [0.4, 0.5) is 0 Å². The second kappa shape index (κ2) is 40.4. The van der Waals surface area contributed by atoms with Crippen molar-refractivity contribution < 1.29 is 47.5 Å². The zero-order chi connectivity index (χ0) is 42.8. The number of phosphoric acid groups is 1. The highest BCUT2D eigenvalue weighted by Gasteiger charge is 2.28. The second-order valence-corrected chi connectivity index (χ2v) is 15.5. The molecule has 0 aromatic carbocycles. The molecule has 0 amide bonds. The van der Waals surface area contributed by atoms with Crippen LogP contribution in [-0.2, 0) is 37.5 Å². The van der Waals surface area contributed by atoms with Crippen molar-refractivity contribution in [2.45, 2.75) is 167 Å². The van der Waals surface area contributed by atoms with E-state index in [2.05, 4.69) is 91.3 Å². The minimum absolute atomic E-state index is 0.0906. The lowest BCUT2D eigenvalue weighted by Crippen LogP contribution is -2.34. The number of allylic oxidation sites excluding steroid dienone is 14. The van der Waals surface area contributed by atoms with Crippen molar-refractivity contribution in [2.24, 2.45) is 5.73 Å². The number of nitrogens with two attached hydrogens (primary N) is 1. The predicted octanol–water partition coefficient (Wildman–Crippen LogP) is 11.5. The molecule has 3 atom stereocenters. The van der Waals surface area contributed by atoms with Gasteiger partial charge < -0.3 is 25.2 Å². The molecule has 11 nitrogen and oxygen atoms in total. The van der Waals surface area contributed by atoms with E-state index in [-0.39, 0.29) is 12.8 Å². The average Bonchev–Trinajstić information content (AvgIpc) is 3.20. The summed E-state index contributed by atoms with van der Waals surface area (Å²) < 4.78 is 32.6. The van der Waals surface area contributed by atoms with E-state index in [1.54, 1.807) is 0 Å². The topological polar surface area (TPSA) is 172 Å². The first-order chi connectivity index (χ1) is 28.1. The van der Waals surface area contributed by atoms with Gasteiger partial charge in [0.15, 0.2) is 6.10 Å². The number of phosphoric ester groups is 1. The van der Waals surface area contributed by atoms with Crippen LogP contribution in [0.2, 0.25) is 0 Å². The zero-order valence-corrected chi connectivity index (χ0v) is 36.5. The van der Waals surface area contributed by atoms with Crippen molar-refractivity contribution in [3.8, 4) is 0 Å². The van der Waals surface area contributed by atoms with E-state index >= 15 is 0 Å². The molecule has 0 aliphatic rings. The molecule has 4 N–H and O–H groups in total. The van der Waals surface area contributed by atoms with Crippen molar-refractivity contribution in [1.29, 1.82) is 0 Å². The maximum atomic E-state index is 12.6. The van der Waals surface area contributed by atoms with E-state index in [0.29, 0.717) is 12.8 Å². The normalized spacial score (nSPS) is 14.6. The molecule has 0 fully saturated rings. The van der Waals surface area contributed by atoms with Gasteiger partial charge in [0.25, 0.3) is 0 Å². The number of unbranched alkanes of at least 4 members (excludes halogenated alkanes) is 11. The minimum atomic E-state index is -4.74. The summed E-state index contributed by atoms with van der Waals surface area (Å²) in [7, 11) is -4.74. The van der Waals surface area contributed by atoms with E-state index in [0.717, 1.165) is 77.0 Å². The van der Waals surface area contributed by atoms with Gasteiger partial charge in [-0.2, -0.15) is 0 Å². The van der Waals surface area contributed by atoms with Crippen molar-refractivity contribution in [3.63, 3.8) is 0 Å². The molecule has 0 aliphatic carbocycles. The van der Waals surface area contributed by atoms with E-state index in [9.17, 15) is 23.8 Å². The molecule has 0 bridgehead atoms. The van der Waals surface area contributed by atoms with Crippen LogP contribution in [0, 0.1) is 0 Å². The molecule has 0 aromatic rings. The molecular formula is C46H76NO10P. The number of esters is 2. The monoisotopic (exact) mass is 834 g/mol. The maximum absolute atomic E-state index is 12.6. The van der Waals surface area contributed by atoms with Gasteiger partial charge in [-0.25, -0.2) is 4.57 Å². The average molecular weight is 834 g/mol. The Morgan fingerprint density at radius 1 is 0.552 bits per heavy atom. The molecule has 58 heavy (non-hydrogen) atoms. The molecule has 0 saturated heterocycles. The highest BCUT2D eigenvalue weighted by atomic mass is 31.2. The molecule has 0 heterocycles. The number of carboxylic acid groups (broad SMARTS) is 1. The lowest BCUT2D eigenvalue weighted by Gasteiger charge is -2.20. The second-order valence-electron chi connectivity index (χ2n) is 14.1. The quantitative estimate of drug-likeness (QED) is 0.0233. The van der Waals surface area contributed by atoms with Crippen LogP contribution in [0.1, 0.15) is 155 Å². The zero-order valence-electron chi connectivity index (χ0n) is 35.6. The minimum Gasteiger partial charge on any atom is -0.480 e. The first-order valence-electron chi connectivity index (χ1n) is 21.6. The molecule has 0 aliphatic heterocycles. The summed E-state index contributed by atoms with van der Waals surface area (Å²) in [5, 5.41) is 8.89. The Morgan fingerprint density at radius 3 is 1.52 bits per heavy atom. The molecule has 0 saturated carbocycles. The fourth-order valence-corrected chi connectivity index (χ4v) is 6.04. The number of hydrogen-bond donors (Lipinski definition) is 3. The van der Waals surface area contributed by atoms with Crippen LogP contribution in [-0.4, -0.2) is 59.9 Å². The molecule has 0 rings (SSSR count). The molecule has 0 spiro atoms. The molecular weight excluding hydrogens is 757 g/mol. The molecule has 0 aromatic heterocycles. The number of ether oxygens (including phenoxy) is 2. The molecule has 330 valence electrons. The number of rotatable bonds is 39. The number of carbonyl (C=O) groups excluding carboxylic acids is 2. The first kappa shape index (κ1) is 54.7. The molecule has 12 heteroatoms. The highest BCUT2D eigenvalue weighted by molar-refractivity contribution is 7.47. The van der Waals surface area contributed by atoms with Crippen LogP contribution in [0.15, 0.2) is 85.1 Å².